The summed E-state index contributed by atoms with van der Waals surface area (Å²) in [5, 5.41) is 13.6. The van der Waals surface area contributed by atoms with E-state index in [1.807, 2.05) is 0 Å². The second-order valence-electron chi connectivity index (χ2n) is 6.07. The van der Waals surface area contributed by atoms with Crippen LogP contribution in [0.5, 0.6) is 0 Å². The number of hydrogen-bond acceptors (Lipinski definition) is 3. The summed E-state index contributed by atoms with van der Waals surface area (Å²) in [7, 11) is 0. The van der Waals surface area contributed by atoms with Crippen LogP contribution in [0.15, 0.2) is 24.3 Å². The molecule has 1 aliphatic rings. The fourth-order valence-electron chi connectivity index (χ4n) is 3.11. The molecule has 1 saturated heterocycles. The number of aliphatic hydroxyl groups is 1. The van der Waals surface area contributed by atoms with Crippen molar-refractivity contribution < 1.29 is 5.11 Å². The molecule has 0 radical (unpaired) electrons. The molecular weight excluding hydrogens is 248 g/mol. The molecule has 2 rings (SSSR count). The van der Waals surface area contributed by atoms with Crippen LogP contribution in [0.2, 0.25) is 0 Å². The SMILES string of the molecule is CCCN1CCCC(CO)(Nc2ccccc2C)CC1. The number of para-hydroxylation sites is 1. The second kappa shape index (κ2) is 7.09. The van der Waals surface area contributed by atoms with Crippen molar-refractivity contribution in [1.82, 2.24) is 4.90 Å². The molecule has 1 atom stereocenters. The van der Waals surface area contributed by atoms with Crippen molar-refractivity contribution in [3.05, 3.63) is 29.8 Å². The van der Waals surface area contributed by atoms with Crippen molar-refractivity contribution in [3.8, 4) is 0 Å². The largest absolute Gasteiger partial charge is 0.394 e. The Kier molecular flexibility index (Phi) is 5.44. The number of hydrogen-bond donors (Lipinski definition) is 2. The van der Waals surface area contributed by atoms with E-state index in [2.05, 4.69) is 48.3 Å². The maximum absolute atomic E-state index is 9.95. The highest BCUT2D eigenvalue weighted by Gasteiger charge is 2.32. The van der Waals surface area contributed by atoms with E-state index in [1.54, 1.807) is 0 Å². The van der Waals surface area contributed by atoms with Crippen LogP contribution >= 0.6 is 0 Å². The maximum atomic E-state index is 9.95. The maximum Gasteiger partial charge on any atom is 0.0662 e. The van der Waals surface area contributed by atoms with Gasteiger partial charge in [0, 0.05) is 12.2 Å². The van der Waals surface area contributed by atoms with Crippen LogP contribution in [-0.4, -0.2) is 41.8 Å². The van der Waals surface area contributed by atoms with Crippen molar-refractivity contribution in [2.45, 2.75) is 45.1 Å². The zero-order chi connectivity index (χ0) is 14.4. The van der Waals surface area contributed by atoms with E-state index in [9.17, 15) is 5.11 Å². The molecule has 2 N–H and O–H groups in total. The minimum atomic E-state index is -0.158. The van der Waals surface area contributed by atoms with Gasteiger partial charge >= 0.3 is 0 Å². The molecule has 0 amide bonds. The highest BCUT2D eigenvalue weighted by Crippen LogP contribution is 2.28. The first-order valence-corrected chi connectivity index (χ1v) is 7.86. The van der Waals surface area contributed by atoms with Crippen LogP contribution in [0.3, 0.4) is 0 Å². The Labute approximate surface area is 123 Å². The van der Waals surface area contributed by atoms with E-state index < -0.39 is 0 Å². The third-order valence-electron chi connectivity index (χ3n) is 4.42. The first-order chi connectivity index (χ1) is 9.69. The van der Waals surface area contributed by atoms with Crippen LogP contribution < -0.4 is 5.32 Å². The molecule has 1 aliphatic heterocycles. The number of aryl methyl sites for hydroxylation is 1. The summed E-state index contributed by atoms with van der Waals surface area (Å²) < 4.78 is 0. The van der Waals surface area contributed by atoms with Gasteiger partial charge in [0.2, 0.25) is 0 Å². The Bertz CT molecular complexity index is 421. The number of aliphatic hydroxyl groups excluding tert-OH is 1. The van der Waals surface area contributed by atoms with Gasteiger partial charge in [-0.15, -0.1) is 0 Å². The molecule has 112 valence electrons. The number of nitrogens with one attached hydrogen (secondary N) is 1. The van der Waals surface area contributed by atoms with Crippen LogP contribution in [0.1, 0.15) is 38.2 Å². The normalized spacial score (nSPS) is 24.4. The zero-order valence-electron chi connectivity index (χ0n) is 12.9. The molecule has 1 heterocycles. The van der Waals surface area contributed by atoms with Crippen molar-refractivity contribution in [1.29, 1.82) is 0 Å². The summed E-state index contributed by atoms with van der Waals surface area (Å²) in [6, 6.07) is 8.34. The second-order valence-corrected chi connectivity index (χ2v) is 6.07. The van der Waals surface area contributed by atoms with Gasteiger partial charge in [0.05, 0.1) is 12.1 Å². The average molecular weight is 276 g/mol. The first kappa shape index (κ1) is 15.3. The molecule has 3 nitrogen and oxygen atoms in total. The van der Waals surface area contributed by atoms with Crippen molar-refractivity contribution >= 4 is 5.69 Å². The number of benzene rings is 1. The predicted octanol–water partition coefficient (Wildman–Crippen LogP) is 3.03. The smallest absolute Gasteiger partial charge is 0.0662 e. The highest BCUT2D eigenvalue weighted by molar-refractivity contribution is 5.52. The summed E-state index contributed by atoms with van der Waals surface area (Å²) in [5.41, 5.74) is 2.25. The molecule has 1 unspecified atom stereocenters. The summed E-state index contributed by atoms with van der Waals surface area (Å²) >= 11 is 0. The lowest BCUT2D eigenvalue weighted by atomic mass is 9.90. The van der Waals surface area contributed by atoms with E-state index in [1.165, 1.54) is 18.5 Å². The van der Waals surface area contributed by atoms with Gasteiger partial charge in [-0.2, -0.15) is 0 Å². The van der Waals surface area contributed by atoms with E-state index in [4.69, 9.17) is 0 Å². The molecule has 0 bridgehead atoms. The topological polar surface area (TPSA) is 35.5 Å². The predicted molar refractivity (Wildman–Crippen MR) is 85.2 cm³/mol. The van der Waals surface area contributed by atoms with Crippen molar-refractivity contribution in [3.63, 3.8) is 0 Å². The molecule has 0 aliphatic carbocycles. The van der Waals surface area contributed by atoms with Gasteiger partial charge in [-0.3, -0.25) is 0 Å². The van der Waals surface area contributed by atoms with Gasteiger partial charge in [-0.25, -0.2) is 0 Å². The quantitative estimate of drug-likeness (QED) is 0.867. The Hall–Kier alpha value is -1.06. The fraction of sp³-hybridized carbons (Fsp3) is 0.647. The minimum Gasteiger partial charge on any atom is -0.394 e. The van der Waals surface area contributed by atoms with Crippen LogP contribution in [0.25, 0.3) is 0 Å². The summed E-state index contributed by atoms with van der Waals surface area (Å²) in [6.45, 7) is 7.97. The number of anilines is 1. The monoisotopic (exact) mass is 276 g/mol. The Morgan fingerprint density at radius 1 is 1.25 bits per heavy atom. The Morgan fingerprint density at radius 3 is 2.75 bits per heavy atom. The van der Waals surface area contributed by atoms with Crippen LogP contribution in [0.4, 0.5) is 5.69 Å². The molecule has 0 aromatic heterocycles. The number of nitrogens with zero attached hydrogens (tertiary/aromatic N) is 1. The molecule has 0 saturated carbocycles. The average Bonchev–Trinajstić information content (AvgIpc) is 2.66. The van der Waals surface area contributed by atoms with Crippen molar-refractivity contribution in [2.24, 2.45) is 0 Å². The van der Waals surface area contributed by atoms with E-state index >= 15 is 0 Å². The third kappa shape index (κ3) is 3.74. The molecular formula is C17H28N2O. The van der Waals surface area contributed by atoms with Gasteiger partial charge in [0.25, 0.3) is 0 Å². The lowest BCUT2D eigenvalue weighted by molar-refractivity contribution is 0.192. The number of likely N-dealkylation sites (tertiary alicyclic amines) is 1. The highest BCUT2D eigenvalue weighted by atomic mass is 16.3. The van der Waals surface area contributed by atoms with E-state index in [0.717, 1.165) is 38.0 Å². The summed E-state index contributed by atoms with van der Waals surface area (Å²) in [5.74, 6) is 0. The number of rotatable bonds is 5. The molecule has 20 heavy (non-hydrogen) atoms. The van der Waals surface area contributed by atoms with Gasteiger partial charge in [-0.1, -0.05) is 25.1 Å². The van der Waals surface area contributed by atoms with E-state index in [-0.39, 0.29) is 12.1 Å². The third-order valence-corrected chi connectivity index (χ3v) is 4.42. The molecule has 1 aromatic rings. The summed E-state index contributed by atoms with van der Waals surface area (Å²) in [4.78, 5) is 2.52. The molecule has 1 aromatic carbocycles. The fourth-order valence-corrected chi connectivity index (χ4v) is 3.11. The molecule has 1 fully saturated rings. The summed E-state index contributed by atoms with van der Waals surface area (Å²) in [6.07, 6.45) is 4.41. The van der Waals surface area contributed by atoms with Gasteiger partial charge in [-0.05, 0) is 57.3 Å². The lowest BCUT2D eigenvalue weighted by Gasteiger charge is -2.34. The Balaban J connectivity index is 2.08. The minimum absolute atomic E-state index is 0.158. The molecule has 3 heteroatoms. The van der Waals surface area contributed by atoms with Gasteiger partial charge in [0.15, 0.2) is 0 Å². The Morgan fingerprint density at radius 2 is 2.05 bits per heavy atom. The zero-order valence-corrected chi connectivity index (χ0v) is 12.9. The standard InChI is InChI=1S/C17H28N2O/c1-3-11-19-12-6-9-17(14-20,10-13-19)18-16-8-5-4-7-15(16)2/h4-5,7-8,18,20H,3,6,9-14H2,1-2H3. The molecule has 0 spiro atoms. The lowest BCUT2D eigenvalue weighted by Crippen LogP contribution is -2.43. The van der Waals surface area contributed by atoms with E-state index in [0.29, 0.717) is 0 Å². The van der Waals surface area contributed by atoms with Crippen molar-refractivity contribution in [2.75, 3.05) is 31.6 Å². The van der Waals surface area contributed by atoms with Gasteiger partial charge in [0.1, 0.15) is 0 Å². The first-order valence-electron chi connectivity index (χ1n) is 7.86. The van der Waals surface area contributed by atoms with Crippen LogP contribution in [-0.2, 0) is 0 Å². The van der Waals surface area contributed by atoms with Gasteiger partial charge < -0.3 is 15.3 Å². The van der Waals surface area contributed by atoms with Crippen LogP contribution in [0, 0.1) is 6.92 Å².